The van der Waals surface area contributed by atoms with Gasteiger partial charge in [0, 0.05) is 23.0 Å². The second-order valence-electron chi connectivity index (χ2n) is 3.88. The molecular weight excluding hydrogens is 273 g/mol. The Morgan fingerprint density at radius 2 is 1.94 bits per heavy atom. The molecule has 0 aliphatic rings. The number of thiophene rings is 1. The van der Waals surface area contributed by atoms with E-state index in [9.17, 15) is 0 Å². The van der Waals surface area contributed by atoms with Crippen LogP contribution in [0, 0.1) is 6.92 Å². The van der Waals surface area contributed by atoms with Crippen molar-refractivity contribution in [3.8, 4) is 0 Å². The highest BCUT2D eigenvalue weighted by Crippen LogP contribution is 2.21. The molecule has 0 spiro atoms. The molecule has 1 nitrogen and oxygen atoms in total. The van der Waals surface area contributed by atoms with Crippen molar-refractivity contribution in [2.45, 2.75) is 20.0 Å². The maximum Gasteiger partial charge on any atom is 0.0931 e. The van der Waals surface area contributed by atoms with Crippen LogP contribution in [0.5, 0.6) is 0 Å². The summed E-state index contributed by atoms with van der Waals surface area (Å²) in [6, 6.07) is 9.95. The quantitative estimate of drug-likeness (QED) is 0.862. The molecule has 17 heavy (non-hydrogen) atoms. The molecule has 0 atom stereocenters. The van der Waals surface area contributed by atoms with Gasteiger partial charge in [0.1, 0.15) is 0 Å². The molecule has 4 heteroatoms. The lowest BCUT2D eigenvalue weighted by Gasteiger charge is -2.07. The third-order valence-electron chi connectivity index (χ3n) is 2.55. The van der Waals surface area contributed by atoms with Crippen LogP contribution in [-0.2, 0) is 13.1 Å². The van der Waals surface area contributed by atoms with Crippen LogP contribution in [0.25, 0.3) is 0 Å². The largest absolute Gasteiger partial charge is 0.308 e. The lowest BCUT2D eigenvalue weighted by atomic mass is 10.1. The molecule has 2 aromatic rings. The number of rotatable bonds is 4. The zero-order valence-corrected chi connectivity index (χ0v) is 11.8. The molecule has 1 aromatic heterocycles. The summed E-state index contributed by atoms with van der Waals surface area (Å²) in [7, 11) is 0. The van der Waals surface area contributed by atoms with Crippen LogP contribution in [0.15, 0.2) is 30.3 Å². The highest BCUT2D eigenvalue weighted by atomic mass is 35.5. The van der Waals surface area contributed by atoms with Crippen molar-refractivity contribution in [2.24, 2.45) is 0 Å². The van der Waals surface area contributed by atoms with Crippen LogP contribution < -0.4 is 5.32 Å². The number of nitrogens with one attached hydrogen (secondary N) is 1. The van der Waals surface area contributed by atoms with E-state index < -0.39 is 0 Å². The number of hydrogen-bond acceptors (Lipinski definition) is 2. The molecule has 0 aliphatic carbocycles. The van der Waals surface area contributed by atoms with Crippen molar-refractivity contribution in [3.05, 3.63) is 55.7 Å². The zero-order chi connectivity index (χ0) is 12.3. The first-order valence-corrected chi connectivity index (χ1v) is 6.92. The minimum absolute atomic E-state index is 0.788. The molecule has 0 saturated carbocycles. The van der Waals surface area contributed by atoms with Gasteiger partial charge in [0.2, 0.25) is 0 Å². The van der Waals surface area contributed by atoms with Crippen LogP contribution in [0.3, 0.4) is 0 Å². The Bertz CT molecular complexity index is 508. The van der Waals surface area contributed by atoms with Crippen molar-refractivity contribution in [1.29, 1.82) is 0 Å². The first kappa shape index (κ1) is 12.9. The summed E-state index contributed by atoms with van der Waals surface area (Å²) in [6.45, 7) is 3.77. The second kappa shape index (κ2) is 5.87. The van der Waals surface area contributed by atoms with Gasteiger partial charge >= 0.3 is 0 Å². The Labute approximate surface area is 115 Å². The average molecular weight is 286 g/mol. The van der Waals surface area contributed by atoms with Gasteiger partial charge in [-0.25, -0.2) is 0 Å². The zero-order valence-electron chi connectivity index (χ0n) is 9.47. The first-order valence-electron chi connectivity index (χ1n) is 5.35. The predicted octanol–water partition coefficient (Wildman–Crippen LogP) is 4.65. The highest BCUT2D eigenvalue weighted by molar-refractivity contribution is 7.16. The summed E-state index contributed by atoms with van der Waals surface area (Å²) in [5.41, 5.74) is 2.49. The van der Waals surface area contributed by atoms with E-state index in [2.05, 4.69) is 24.4 Å². The molecule has 1 N–H and O–H groups in total. The lowest BCUT2D eigenvalue weighted by Crippen LogP contribution is -2.12. The van der Waals surface area contributed by atoms with Crippen molar-refractivity contribution >= 4 is 34.5 Å². The maximum absolute atomic E-state index is 5.92. The summed E-state index contributed by atoms with van der Waals surface area (Å²) in [6.07, 6.45) is 0. The minimum Gasteiger partial charge on any atom is -0.308 e. The van der Waals surface area contributed by atoms with Crippen LogP contribution >= 0.6 is 34.5 Å². The van der Waals surface area contributed by atoms with Crippen molar-refractivity contribution in [3.63, 3.8) is 0 Å². The van der Waals surface area contributed by atoms with Gasteiger partial charge in [-0.2, -0.15) is 0 Å². The van der Waals surface area contributed by atoms with Gasteiger partial charge in [0.15, 0.2) is 0 Å². The molecule has 0 unspecified atom stereocenters. The normalized spacial score (nSPS) is 10.8. The fourth-order valence-corrected chi connectivity index (χ4v) is 2.91. The fraction of sp³-hybridized carbons (Fsp3) is 0.231. The topological polar surface area (TPSA) is 12.0 Å². The Morgan fingerprint density at radius 1 is 1.12 bits per heavy atom. The van der Waals surface area contributed by atoms with Gasteiger partial charge in [-0.1, -0.05) is 29.3 Å². The van der Waals surface area contributed by atoms with E-state index in [-0.39, 0.29) is 0 Å². The third kappa shape index (κ3) is 3.71. The molecule has 0 bridgehead atoms. The molecule has 1 heterocycles. The maximum atomic E-state index is 5.92. The average Bonchev–Trinajstić information content (AvgIpc) is 2.68. The van der Waals surface area contributed by atoms with E-state index >= 15 is 0 Å². The van der Waals surface area contributed by atoms with E-state index in [0.29, 0.717) is 0 Å². The van der Waals surface area contributed by atoms with Crippen molar-refractivity contribution in [1.82, 2.24) is 5.32 Å². The van der Waals surface area contributed by atoms with Crippen LogP contribution in [-0.4, -0.2) is 0 Å². The first-order chi connectivity index (χ1) is 8.15. The smallest absolute Gasteiger partial charge is 0.0931 e. The second-order valence-corrected chi connectivity index (χ2v) is 6.12. The van der Waals surface area contributed by atoms with E-state index in [0.717, 1.165) is 22.4 Å². The highest BCUT2D eigenvalue weighted by Gasteiger charge is 2.00. The van der Waals surface area contributed by atoms with Crippen LogP contribution in [0.1, 0.15) is 16.0 Å². The summed E-state index contributed by atoms with van der Waals surface area (Å²) in [5.74, 6) is 0. The number of benzene rings is 1. The standard InChI is InChI=1S/C13H13Cl2NS/c1-9-6-11(14)3-2-10(9)7-16-8-12-4-5-13(15)17-12/h2-6,16H,7-8H2,1H3. The summed E-state index contributed by atoms with van der Waals surface area (Å²) in [5, 5.41) is 4.19. The number of aryl methyl sites for hydroxylation is 1. The summed E-state index contributed by atoms with van der Waals surface area (Å²) >= 11 is 13.4. The van der Waals surface area contributed by atoms with Crippen molar-refractivity contribution in [2.75, 3.05) is 0 Å². The molecule has 0 radical (unpaired) electrons. The Morgan fingerprint density at radius 3 is 2.59 bits per heavy atom. The summed E-state index contributed by atoms with van der Waals surface area (Å²) in [4.78, 5) is 1.25. The lowest BCUT2D eigenvalue weighted by molar-refractivity contribution is 0.698. The fourth-order valence-electron chi connectivity index (χ4n) is 1.62. The van der Waals surface area contributed by atoms with E-state index in [4.69, 9.17) is 23.2 Å². The van der Waals surface area contributed by atoms with Gasteiger partial charge in [0.25, 0.3) is 0 Å². The van der Waals surface area contributed by atoms with Gasteiger partial charge in [-0.3, -0.25) is 0 Å². The third-order valence-corrected chi connectivity index (χ3v) is 4.01. The predicted molar refractivity (Wildman–Crippen MR) is 76.1 cm³/mol. The molecule has 2 rings (SSSR count). The van der Waals surface area contributed by atoms with E-state index in [1.807, 2.05) is 18.2 Å². The van der Waals surface area contributed by atoms with Gasteiger partial charge in [-0.05, 0) is 42.3 Å². The minimum atomic E-state index is 0.788. The van der Waals surface area contributed by atoms with Crippen LogP contribution in [0.4, 0.5) is 0 Å². The molecule has 0 aliphatic heterocycles. The monoisotopic (exact) mass is 285 g/mol. The van der Waals surface area contributed by atoms with Gasteiger partial charge in [-0.15, -0.1) is 11.3 Å². The van der Waals surface area contributed by atoms with Crippen molar-refractivity contribution < 1.29 is 0 Å². The molecule has 0 saturated heterocycles. The Hall–Kier alpha value is -0.540. The van der Waals surface area contributed by atoms with Gasteiger partial charge in [0.05, 0.1) is 4.34 Å². The SMILES string of the molecule is Cc1cc(Cl)ccc1CNCc1ccc(Cl)s1. The molecular formula is C13H13Cl2NS. The van der Waals surface area contributed by atoms with Crippen LogP contribution in [0.2, 0.25) is 9.36 Å². The Kier molecular flexibility index (Phi) is 4.46. The Balaban J connectivity index is 1.90. The number of hydrogen-bond donors (Lipinski definition) is 1. The van der Waals surface area contributed by atoms with E-state index in [1.54, 1.807) is 11.3 Å². The number of halogens is 2. The van der Waals surface area contributed by atoms with Gasteiger partial charge < -0.3 is 5.32 Å². The van der Waals surface area contributed by atoms with E-state index in [1.165, 1.54) is 16.0 Å². The molecule has 0 amide bonds. The molecule has 0 fully saturated rings. The molecule has 90 valence electrons. The summed E-state index contributed by atoms with van der Waals surface area (Å²) < 4.78 is 0.837. The molecule has 1 aromatic carbocycles.